The van der Waals surface area contributed by atoms with E-state index in [0.29, 0.717) is 13.0 Å². The summed E-state index contributed by atoms with van der Waals surface area (Å²) < 4.78 is 5.18. The largest absolute Gasteiger partial charge is 0.466 e. The number of aromatic amines is 1. The van der Waals surface area contributed by atoms with Crippen LogP contribution in [0, 0.1) is 6.92 Å². The van der Waals surface area contributed by atoms with E-state index in [4.69, 9.17) is 4.74 Å². The van der Waals surface area contributed by atoms with Gasteiger partial charge in [-0.3, -0.25) is 4.79 Å². The molecule has 0 fully saturated rings. The summed E-state index contributed by atoms with van der Waals surface area (Å²) in [5.74, 6) is -0.172. The van der Waals surface area contributed by atoms with Gasteiger partial charge in [-0.15, -0.1) is 0 Å². The van der Waals surface area contributed by atoms with E-state index in [-0.39, 0.29) is 11.9 Å². The van der Waals surface area contributed by atoms with Crippen molar-refractivity contribution in [1.29, 1.82) is 0 Å². The van der Waals surface area contributed by atoms with Gasteiger partial charge in [-0.05, 0) is 37.1 Å². The molecule has 0 radical (unpaired) electrons. The second-order valence-electron chi connectivity index (χ2n) is 5.77. The van der Waals surface area contributed by atoms with Crippen molar-refractivity contribution in [2.75, 3.05) is 6.61 Å². The van der Waals surface area contributed by atoms with Gasteiger partial charge in [-0.25, -0.2) is 0 Å². The number of H-pyrrole nitrogens is 1. The third-order valence-electron chi connectivity index (χ3n) is 4.12. The molecule has 1 N–H and O–H groups in total. The van der Waals surface area contributed by atoms with E-state index in [1.54, 1.807) is 0 Å². The van der Waals surface area contributed by atoms with Crippen molar-refractivity contribution in [3.05, 3.63) is 71.4 Å². The number of ether oxygens (including phenoxy) is 1. The highest BCUT2D eigenvalue weighted by molar-refractivity contribution is 5.86. The molecule has 0 unspecified atom stereocenters. The first-order valence-electron chi connectivity index (χ1n) is 7.97. The van der Waals surface area contributed by atoms with Gasteiger partial charge in [0.1, 0.15) is 0 Å². The van der Waals surface area contributed by atoms with Gasteiger partial charge in [-0.1, -0.05) is 42.0 Å². The van der Waals surface area contributed by atoms with Gasteiger partial charge >= 0.3 is 5.97 Å². The first kappa shape index (κ1) is 15.3. The summed E-state index contributed by atoms with van der Waals surface area (Å²) in [6.45, 7) is 4.33. The number of carbonyl (C=O) groups is 1. The standard InChI is InChI=1S/C20H21NO2/c1-3-23-20(22)12-16(15-7-5-4-6-8-15)18-13-21-19-10-9-14(2)11-17(18)19/h4-11,13,16,21H,3,12H2,1-2H3/t16-/m0/s1. The van der Waals surface area contributed by atoms with Crippen LogP contribution in [-0.2, 0) is 9.53 Å². The van der Waals surface area contributed by atoms with E-state index >= 15 is 0 Å². The molecule has 0 spiro atoms. The Labute approximate surface area is 136 Å². The molecule has 0 amide bonds. The van der Waals surface area contributed by atoms with Crippen molar-refractivity contribution in [2.24, 2.45) is 0 Å². The van der Waals surface area contributed by atoms with Crippen LogP contribution in [-0.4, -0.2) is 17.6 Å². The molecule has 3 aromatic rings. The average molecular weight is 307 g/mol. The molecular weight excluding hydrogens is 286 g/mol. The third-order valence-corrected chi connectivity index (χ3v) is 4.12. The third kappa shape index (κ3) is 3.29. The molecule has 2 aromatic carbocycles. The average Bonchev–Trinajstić information content (AvgIpc) is 2.96. The van der Waals surface area contributed by atoms with Crippen molar-refractivity contribution in [3.63, 3.8) is 0 Å². The molecule has 0 aliphatic carbocycles. The van der Waals surface area contributed by atoms with Gasteiger partial charge in [-0.2, -0.15) is 0 Å². The molecule has 0 aliphatic heterocycles. The van der Waals surface area contributed by atoms with Crippen LogP contribution in [0.2, 0.25) is 0 Å². The summed E-state index contributed by atoms with van der Waals surface area (Å²) in [6, 6.07) is 16.5. The Balaban J connectivity index is 2.06. The smallest absolute Gasteiger partial charge is 0.306 e. The Morgan fingerprint density at radius 1 is 1.17 bits per heavy atom. The Kier molecular flexibility index (Phi) is 4.47. The minimum Gasteiger partial charge on any atom is -0.466 e. The molecule has 23 heavy (non-hydrogen) atoms. The SMILES string of the molecule is CCOC(=O)C[C@@H](c1ccccc1)c1c[nH]c2ccc(C)cc12. The number of fused-ring (bicyclic) bond motifs is 1. The van der Waals surface area contributed by atoms with E-state index < -0.39 is 0 Å². The van der Waals surface area contributed by atoms with E-state index in [2.05, 4.69) is 42.2 Å². The molecule has 1 heterocycles. The molecule has 0 saturated carbocycles. The first-order valence-corrected chi connectivity index (χ1v) is 7.97. The fourth-order valence-corrected chi connectivity index (χ4v) is 3.02. The maximum atomic E-state index is 12.1. The van der Waals surface area contributed by atoms with Gasteiger partial charge in [0, 0.05) is 23.0 Å². The van der Waals surface area contributed by atoms with Crippen LogP contribution in [0.15, 0.2) is 54.7 Å². The lowest BCUT2D eigenvalue weighted by molar-refractivity contribution is -0.143. The van der Waals surface area contributed by atoms with Gasteiger partial charge in [0.2, 0.25) is 0 Å². The molecule has 3 nitrogen and oxygen atoms in total. The summed E-state index contributed by atoms with van der Waals surface area (Å²) >= 11 is 0. The zero-order chi connectivity index (χ0) is 16.2. The maximum Gasteiger partial charge on any atom is 0.306 e. The van der Waals surface area contributed by atoms with Gasteiger partial charge in [0.15, 0.2) is 0 Å². The number of nitrogens with one attached hydrogen (secondary N) is 1. The molecule has 0 aliphatic rings. The van der Waals surface area contributed by atoms with Crippen molar-refractivity contribution < 1.29 is 9.53 Å². The summed E-state index contributed by atoms with van der Waals surface area (Å²) in [6.07, 6.45) is 2.36. The fraction of sp³-hybridized carbons (Fsp3) is 0.250. The number of hydrogen-bond donors (Lipinski definition) is 1. The molecule has 0 bridgehead atoms. The van der Waals surface area contributed by atoms with Crippen LogP contribution in [0.3, 0.4) is 0 Å². The highest BCUT2D eigenvalue weighted by Gasteiger charge is 2.22. The maximum absolute atomic E-state index is 12.1. The van der Waals surface area contributed by atoms with Crippen LogP contribution in [0.5, 0.6) is 0 Å². The normalized spacial score (nSPS) is 12.3. The Morgan fingerprint density at radius 2 is 1.96 bits per heavy atom. The van der Waals surface area contributed by atoms with Crippen molar-refractivity contribution in [3.8, 4) is 0 Å². The fourth-order valence-electron chi connectivity index (χ4n) is 3.02. The number of rotatable bonds is 5. The predicted octanol–water partition coefficient (Wildman–Crippen LogP) is 4.56. The summed E-state index contributed by atoms with van der Waals surface area (Å²) in [7, 11) is 0. The molecule has 118 valence electrons. The Hall–Kier alpha value is -2.55. The highest BCUT2D eigenvalue weighted by Crippen LogP contribution is 2.34. The van der Waals surface area contributed by atoms with Gasteiger partial charge < -0.3 is 9.72 Å². The topological polar surface area (TPSA) is 42.1 Å². The zero-order valence-electron chi connectivity index (χ0n) is 13.5. The van der Waals surface area contributed by atoms with Gasteiger partial charge in [0.25, 0.3) is 0 Å². The number of aryl methyl sites for hydroxylation is 1. The Bertz CT molecular complexity index is 805. The van der Waals surface area contributed by atoms with E-state index in [1.165, 1.54) is 10.9 Å². The van der Waals surface area contributed by atoms with Crippen molar-refractivity contribution in [2.45, 2.75) is 26.2 Å². The van der Waals surface area contributed by atoms with Crippen LogP contribution in [0.1, 0.15) is 36.0 Å². The summed E-state index contributed by atoms with van der Waals surface area (Å²) in [4.78, 5) is 15.4. The number of hydrogen-bond acceptors (Lipinski definition) is 2. The zero-order valence-corrected chi connectivity index (χ0v) is 13.5. The number of benzene rings is 2. The number of esters is 1. The second kappa shape index (κ2) is 6.69. The van der Waals surface area contributed by atoms with Crippen molar-refractivity contribution in [1.82, 2.24) is 4.98 Å². The second-order valence-corrected chi connectivity index (χ2v) is 5.77. The molecule has 1 atom stereocenters. The monoisotopic (exact) mass is 307 g/mol. The van der Waals surface area contributed by atoms with Gasteiger partial charge in [0.05, 0.1) is 13.0 Å². The first-order chi connectivity index (χ1) is 11.2. The molecule has 3 rings (SSSR count). The minimum atomic E-state index is -0.164. The van der Waals surface area contributed by atoms with E-state index in [1.807, 2.05) is 31.3 Å². The summed E-state index contributed by atoms with van der Waals surface area (Å²) in [5.41, 5.74) is 4.57. The van der Waals surface area contributed by atoms with Crippen LogP contribution in [0.25, 0.3) is 10.9 Å². The highest BCUT2D eigenvalue weighted by atomic mass is 16.5. The van der Waals surface area contributed by atoms with Crippen LogP contribution < -0.4 is 0 Å². The number of aromatic nitrogens is 1. The predicted molar refractivity (Wildman–Crippen MR) is 92.6 cm³/mol. The molecule has 1 aromatic heterocycles. The van der Waals surface area contributed by atoms with Crippen LogP contribution in [0.4, 0.5) is 0 Å². The number of carbonyl (C=O) groups excluding carboxylic acids is 1. The van der Waals surface area contributed by atoms with E-state index in [9.17, 15) is 4.79 Å². The lowest BCUT2D eigenvalue weighted by atomic mass is 9.88. The summed E-state index contributed by atoms with van der Waals surface area (Å²) in [5, 5.41) is 1.17. The Morgan fingerprint density at radius 3 is 2.70 bits per heavy atom. The lowest BCUT2D eigenvalue weighted by Gasteiger charge is -2.16. The molecule has 0 saturated heterocycles. The molecular formula is C20H21NO2. The molecule has 3 heteroatoms. The van der Waals surface area contributed by atoms with E-state index in [0.717, 1.165) is 16.6 Å². The lowest BCUT2D eigenvalue weighted by Crippen LogP contribution is -2.11. The minimum absolute atomic E-state index is 0.00852. The quantitative estimate of drug-likeness (QED) is 0.702. The van der Waals surface area contributed by atoms with Crippen molar-refractivity contribution >= 4 is 16.9 Å². The van der Waals surface area contributed by atoms with Crippen LogP contribution >= 0.6 is 0 Å².